The monoisotopic (exact) mass is 781 g/mol. The molecule has 9 aromatic carbocycles. The summed E-state index contributed by atoms with van der Waals surface area (Å²) in [5.74, 6) is 0. The van der Waals surface area contributed by atoms with Crippen LogP contribution in [0.25, 0.3) is 90.8 Å². The van der Waals surface area contributed by atoms with E-state index in [1.807, 2.05) is 30.3 Å². The molecule has 0 aliphatic rings. The number of fused-ring (bicyclic) bond motifs is 12. The summed E-state index contributed by atoms with van der Waals surface area (Å²) >= 11 is 1.80. The van der Waals surface area contributed by atoms with Gasteiger partial charge in [-0.1, -0.05) is 103 Å². The summed E-state index contributed by atoms with van der Waals surface area (Å²) in [7, 11) is 0. The molecule has 0 saturated carbocycles. The minimum Gasteiger partial charge on any atom is -0.319 e. The molecule has 0 aliphatic heterocycles. The van der Waals surface area contributed by atoms with E-state index in [2.05, 4.69) is 183 Å². The van der Waals surface area contributed by atoms with Crippen LogP contribution < -0.4 is 4.90 Å². The lowest BCUT2D eigenvalue weighted by Crippen LogP contribution is -2.09. The minimum atomic E-state index is 0.466. The van der Waals surface area contributed by atoms with Crippen molar-refractivity contribution in [3.05, 3.63) is 205 Å². The molecule has 0 radical (unpaired) electrons. The number of anilines is 3. The zero-order chi connectivity index (χ0) is 39.9. The predicted octanol–water partition coefficient (Wildman–Crippen LogP) is 15.3. The summed E-state index contributed by atoms with van der Waals surface area (Å²) in [6, 6.07) is 68.0. The molecule has 0 bridgehead atoms. The molecule has 278 valence electrons. The summed E-state index contributed by atoms with van der Waals surface area (Å²) < 4.78 is 6.79. The maximum atomic E-state index is 11.1. The third-order valence-electron chi connectivity index (χ3n) is 11.9. The first-order valence-corrected chi connectivity index (χ1v) is 20.7. The van der Waals surface area contributed by atoms with Gasteiger partial charge < -0.3 is 14.0 Å². The number of nitriles is 1. The zero-order valence-corrected chi connectivity index (χ0v) is 32.9. The predicted molar refractivity (Wildman–Crippen MR) is 251 cm³/mol. The maximum Gasteiger partial charge on any atom is 0.212 e. The van der Waals surface area contributed by atoms with Gasteiger partial charge in [0.2, 0.25) is 5.69 Å². The molecule has 0 spiro atoms. The van der Waals surface area contributed by atoms with Crippen LogP contribution in [0.3, 0.4) is 0 Å². The molecule has 0 unspecified atom stereocenters. The number of aromatic nitrogens is 2. The van der Waals surface area contributed by atoms with Gasteiger partial charge in [0.1, 0.15) is 6.07 Å². The van der Waals surface area contributed by atoms with E-state index in [0.29, 0.717) is 22.6 Å². The molecule has 0 aliphatic carbocycles. The molecule has 5 nitrogen and oxygen atoms in total. The van der Waals surface area contributed by atoms with Crippen molar-refractivity contribution < 1.29 is 0 Å². The van der Waals surface area contributed by atoms with Crippen molar-refractivity contribution in [3.63, 3.8) is 0 Å². The standard InChI is InChI=1S/C54H31N5S/c1-56-43-32-48(35(33-55)30-49(43)59-44-22-12-10-20-40(44)52-39-19-9-8-14-34(39)24-26-46(52)59)58-45-27-25-38(57(36-15-4-2-5-16-36)37-17-6-3-7-18-37)31-42(45)53-47(58)28-29-51-54(53)41-21-11-13-23-50(41)60-51/h2-32H. The van der Waals surface area contributed by atoms with Crippen LogP contribution in [0.15, 0.2) is 188 Å². The first-order valence-electron chi connectivity index (χ1n) is 19.9. The van der Waals surface area contributed by atoms with Crippen molar-refractivity contribution in [1.82, 2.24) is 9.13 Å². The van der Waals surface area contributed by atoms with Gasteiger partial charge in [0, 0.05) is 58.8 Å². The van der Waals surface area contributed by atoms with Gasteiger partial charge in [0.15, 0.2) is 0 Å². The highest BCUT2D eigenvalue weighted by Crippen LogP contribution is 2.47. The van der Waals surface area contributed by atoms with E-state index in [0.717, 1.165) is 71.4 Å². The fourth-order valence-electron chi connectivity index (χ4n) is 9.42. The van der Waals surface area contributed by atoms with Gasteiger partial charge in [-0.25, -0.2) is 4.85 Å². The van der Waals surface area contributed by atoms with E-state index in [1.54, 1.807) is 11.3 Å². The van der Waals surface area contributed by atoms with Crippen molar-refractivity contribution in [2.24, 2.45) is 0 Å². The van der Waals surface area contributed by atoms with Gasteiger partial charge in [-0.3, -0.25) is 0 Å². The van der Waals surface area contributed by atoms with Crippen molar-refractivity contribution in [3.8, 4) is 17.4 Å². The second kappa shape index (κ2) is 13.2. The third-order valence-corrected chi connectivity index (χ3v) is 13.1. The van der Waals surface area contributed by atoms with Gasteiger partial charge in [-0.15, -0.1) is 11.3 Å². The van der Waals surface area contributed by atoms with Crippen molar-refractivity contribution in [2.75, 3.05) is 4.90 Å². The molecular weight excluding hydrogens is 751 g/mol. The zero-order valence-electron chi connectivity index (χ0n) is 32.0. The van der Waals surface area contributed by atoms with Gasteiger partial charge in [0.25, 0.3) is 0 Å². The molecule has 0 fully saturated rings. The largest absolute Gasteiger partial charge is 0.319 e. The fraction of sp³-hybridized carbons (Fsp3) is 0. The van der Waals surface area contributed by atoms with Crippen LogP contribution in [0.4, 0.5) is 22.7 Å². The number of hydrogen-bond acceptors (Lipinski definition) is 3. The van der Waals surface area contributed by atoms with E-state index in [9.17, 15) is 5.26 Å². The fourth-order valence-corrected chi connectivity index (χ4v) is 10.5. The second-order valence-electron chi connectivity index (χ2n) is 15.1. The smallest absolute Gasteiger partial charge is 0.212 e. The number of rotatable bonds is 5. The Bertz CT molecular complexity index is 3760. The average Bonchev–Trinajstić information content (AvgIpc) is 3.97. The van der Waals surface area contributed by atoms with Crippen molar-refractivity contribution >= 4 is 109 Å². The Kier molecular flexibility index (Phi) is 7.46. The second-order valence-corrected chi connectivity index (χ2v) is 16.2. The Morgan fingerprint density at radius 2 is 1.08 bits per heavy atom. The summed E-state index contributed by atoms with van der Waals surface area (Å²) in [6.45, 7) is 8.64. The number of hydrogen-bond donors (Lipinski definition) is 0. The summed E-state index contributed by atoms with van der Waals surface area (Å²) in [4.78, 5) is 6.48. The molecule has 12 aromatic rings. The Balaban J connectivity index is 1.16. The van der Waals surface area contributed by atoms with Gasteiger partial charge in [0.05, 0.1) is 45.6 Å². The molecule has 6 heteroatoms. The van der Waals surface area contributed by atoms with Gasteiger partial charge >= 0.3 is 0 Å². The quantitative estimate of drug-likeness (QED) is 0.163. The van der Waals surface area contributed by atoms with Crippen LogP contribution in [0.2, 0.25) is 0 Å². The van der Waals surface area contributed by atoms with E-state index in [1.165, 1.54) is 20.2 Å². The Morgan fingerprint density at radius 3 is 1.85 bits per heavy atom. The van der Waals surface area contributed by atoms with Gasteiger partial charge in [-0.2, -0.15) is 5.26 Å². The molecule has 3 aromatic heterocycles. The summed E-state index contributed by atoms with van der Waals surface area (Å²) in [6.07, 6.45) is 0. The highest BCUT2D eigenvalue weighted by Gasteiger charge is 2.24. The summed E-state index contributed by atoms with van der Waals surface area (Å²) in [5, 5.41) is 20.2. The average molecular weight is 782 g/mol. The lowest BCUT2D eigenvalue weighted by atomic mass is 10.0. The van der Waals surface area contributed by atoms with Crippen LogP contribution in [-0.2, 0) is 0 Å². The van der Waals surface area contributed by atoms with Crippen LogP contribution >= 0.6 is 11.3 Å². The number of benzene rings is 9. The number of para-hydroxylation sites is 3. The van der Waals surface area contributed by atoms with E-state index < -0.39 is 0 Å². The lowest BCUT2D eigenvalue weighted by Gasteiger charge is -2.25. The van der Waals surface area contributed by atoms with Crippen LogP contribution in [0.5, 0.6) is 0 Å². The van der Waals surface area contributed by atoms with Crippen molar-refractivity contribution in [2.45, 2.75) is 0 Å². The van der Waals surface area contributed by atoms with Crippen LogP contribution in [-0.4, -0.2) is 9.13 Å². The SMILES string of the molecule is [C-]#[N+]c1cc(-n2c3ccc(N(c4ccccc4)c4ccccc4)cc3c3c4c(ccc32)sc2ccccc24)c(C#N)cc1-n1c2ccccc2c2c3ccccc3ccc21. The normalized spacial score (nSPS) is 11.6. The lowest BCUT2D eigenvalue weighted by molar-refractivity contribution is 1.14. The number of thiophene rings is 1. The Hall–Kier alpha value is -8.16. The highest BCUT2D eigenvalue weighted by molar-refractivity contribution is 7.26. The molecular formula is C54H31N5S. The summed E-state index contributed by atoms with van der Waals surface area (Å²) in [5.41, 5.74) is 9.36. The van der Waals surface area contributed by atoms with E-state index in [4.69, 9.17) is 6.57 Å². The molecule has 0 atom stereocenters. The van der Waals surface area contributed by atoms with Gasteiger partial charge in [-0.05, 0) is 95.7 Å². The minimum absolute atomic E-state index is 0.466. The number of nitrogens with zero attached hydrogens (tertiary/aromatic N) is 5. The first-order chi connectivity index (χ1) is 29.7. The Morgan fingerprint density at radius 1 is 0.467 bits per heavy atom. The van der Waals surface area contributed by atoms with Crippen LogP contribution in [0, 0.1) is 17.9 Å². The molecule has 12 rings (SSSR count). The van der Waals surface area contributed by atoms with E-state index >= 15 is 0 Å². The van der Waals surface area contributed by atoms with E-state index in [-0.39, 0.29) is 0 Å². The maximum absolute atomic E-state index is 11.1. The molecule has 0 saturated heterocycles. The van der Waals surface area contributed by atoms with Crippen molar-refractivity contribution in [1.29, 1.82) is 5.26 Å². The molecule has 3 heterocycles. The molecule has 0 amide bonds. The molecule has 0 N–H and O–H groups in total. The molecule has 60 heavy (non-hydrogen) atoms. The third kappa shape index (κ3) is 4.90. The highest BCUT2D eigenvalue weighted by atomic mass is 32.1. The topological polar surface area (TPSA) is 41.2 Å². The Labute approximate surface area is 348 Å². The first kappa shape index (κ1) is 33.9. The van der Waals surface area contributed by atoms with Crippen LogP contribution in [0.1, 0.15) is 5.56 Å².